The molecule has 0 spiro atoms. The first kappa shape index (κ1) is 15.5. The number of benzene rings is 2. The Balaban J connectivity index is 2.01. The van der Waals surface area contributed by atoms with E-state index in [1.165, 1.54) is 0 Å². The predicted octanol–water partition coefficient (Wildman–Crippen LogP) is 2.41. The molecular formula is C16H20N2O2S. The standard InChI is InChI=1S/C16H20N2O2S/c1-12-3-8-16(11-13(12)2)21(19,20)18-10-9-14-4-6-15(17)7-5-14/h3-8,11,18H,9-10,17H2,1-2H3. The summed E-state index contributed by atoms with van der Waals surface area (Å²) in [4.78, 5) is 0.308. The average molecular weight is 304 g/mol. The van der Waals surface area contributed by atoms with Gasteiger partial charge in [0, 0.05) is 12.2 Å². The molecule has 21 heavy (non-hydrogen) atoms. The largest absolute Gasteiger partial charge is 0.399 e. The summed E-state index contributed by atoms with van der Waals surface area (Å²) < 4.78 is 27.0. The van der Waals surface area contributed by atoms with Crippen LogP contribution in [0, 0.1) is 13.8 Å². The van der Waals surface area contributed by atoms with Crippen molar-refractivity contribution in [2.75, 3.05) is 12.3 Å². The van der Waals surface area contributed by atoms with Crippen molar-refractivity contribution in [1.82, 2.24) is 4.72 Å². The fourth-order valence-corrected chi connectivity index (χ4v) is 3.10. The minimum atomic E-state index is -3.45. The molecule has 0 fully saturated rings. The molecule has 2 rings (SSSR count). The van der Waals surface area contributed by atoms with Crippen LogP contribution in [0.15, 0.2) is 47.4 Å². The quantitative estimate of drug-likeness (QED) is 0.833. The third-order valence-corrected chi connectivity index (χ3v) is 4.93. The van der Waals surface area contributed by atoms with Gasteiger partial charge in [0.05, 0.1) is 4.90 Å². The molecule has 0 saturated heterocycles. The first-order valence-electron chi connectivity index (χ1n) is 6.80. The maximum atomic E-state index is 12.2. The number of rotatable bonds is 5. The van der Waals surface area contributed by atoms with Gasteiger partial charge in [0.1, 0.15) is 0 Å². The number of sulfonamides is 1. The monoisotopic (exact) mass is 304 g/mol. The molecule has 0 aliphatic heterocycles. The van der Waals surface area contributed by atoms with Crippen molar-refractivity contribution in [3.63, 3.8) is 0 Å². The first-order valence-corrected chi connectivity index (χ1v) is 8.28. The summed E-state index contributed by atoms with van der Waals surface area (Å²) in [6.07, 6.45) is 0.629. The highest BCUT2D eigenvalue weighted by Crippen LogP contribution is 2.14. The normalized spacial score (nSPS) is 11.5. The molecular weight excluding hydrogens is 284 g/mol. The van der Waals surface area contributed by atoms with E-state index in [1.807, 2.05) is 44.2 Å². The van der Waals surface area contributed by atoms with Crippen molar-refractivity contribution < 1.29 is 8.42 Å². The van der Waals surface area contributed by atoms with E-state index >= 15 is 0 Å². The van der Waals surface area contributed by atoms with Gasteiger partial charge in [-0.25, -0.2) is 13.1 Å². The molecule has 0 radical (unpaired) electrons. The highest BCUT2D eigenvalue weighted by molar-refractivity contribution is 7.89. The van der Waals surface area contributed by atoms with Crippen molar-refractivity contribution in [2.24, 2.45) is 0 Å². The summed E-state index contributed by atoms with van der Waals surface area (Å²) in [7, 11) is -3.45. The number of nitrogen functional groups attached to an aromatic ring is 1. The molecule has 5 heteroatoms. The summed E-state index contributed by atoms with van der Waals surface area (Å²) >= 11 is 0. The lowest BCUT2D eigenvalue weighted by Crippen LogP contribution is -2.26. The van der Waals surface area contributed by atoms with Crippen LogP contribution in [-0.4, -0.2) is 15.0 Å². The number of aryl methyl sites for hydroxylation is 2. The Labute approximate surface area is 126 Å². The lowest BCUT2D eigenvalue weighted by molar-refractivity contribution is 0.581. The maximum absolute atomic E-state index is 12.2. The van der Waals surface area contributed by atoms with Crippen molar-refractivity contribution in [2.45, 2.75) is 25.2 Å². The van der Waals surface area contributed by atoms with Crippen molar-refractivity contribution in [1.29, 1.82) is 0 Å². The number of nitrogens with one attached hydrogen (secondary N) is 1. The topological polar surface area (TPSA) is 72.2 Å². The fraction of sp³-hybridized carbons (Fsp3) is 0.250. The van der Waals surface area contributed by atoms with Gasteiger partial charge in [0.15, 0.2) is 0 Å². The molecule has 0 saturated carbocycles. The average Bonchev–Trinajstić information content (AvgIpc) is 2.44. The van der Waals surface area contributed by atoms with Gasteiger partial charge < -0.3 is 5.73 Å². The Morgan fingerprint density at radius 3 is 2.29 bits per heavy atom. The van der Waals surface area contributed by atoms with Crippen LogP contribution in [0.25, 0.3) is 0 Å². The Morgan fingerprint density at radius 1 is 1.00 bits per heavy atom. The number of hydrogen-bond donors (Lipinski definition) is 2. The van der Waals surface area contributed by atoms with Gasteiger partial charge in [0.2, 0.25) is 10.0 Å². The van der Waals surface area contributed by atoms with Crippen molar-refractivity contribution in [3.05, 3.63) is 59.2 Å². The van der Waals surface area contributed by atoms with E-state index in [0.29, 0.717) is 23.5 Å². The number of hydrogen-bond acceptors (Lipinski definition) is 3. The van der Waals surface area contributed by atoms with E-state index < -0.39 is 10.0 Å². The van der Waals surface area contributed by atoms with Gasteiger partial charge >= 0.3 is 0 Å². The van der Waals surface area contributed by atoms with Gasteiger partial charge in [-0.3, -0.25) is 0 Å². The van der Waals surface area contributed by atoms with Gasteiger partial charge in [-0.05, 0) is 61.2 Å². The molecule has 0 bridgehead atoms. The predicted molar refractivity (Wildman–Crippen MR) is 85.7 cm³/mol. The summed E-state index contributed by atoms with van der Waals surface area (Å²) in [6, 6.07) is 12.6. The van der Waals surface area contributed by atoms with Gasteiger partial charge in [0.25, 0.3) is 0 Å². The molecule has 0 amide bonds. The molecule has 4 nitrogen and oxygen atoms in total. The lowest BCUT2D eigenvalue weighted by Gasteiger charge is -2.09. The molecule has 2 aromatic rings. The van der Waals surface area contributed by atoms with Crippen LogP contribution in [0.4, 0.5) is 5.69 Å². The van der Waals surface area contributed by atoms with E-state index in [1.54, 1.807) is 12.1 Å². The Bertz CT molecular complexity index is 722. The maximum Gasteiger partial charge on any atom is 0.240 e. The van der Waals surface area contributed by atoms with Crippen LogP contribution in [-0.2, 0) is 16.4 Å². The molecule has 0 heterocycles. The van der Waals surface area contributed by atoms with Crippen LogP contribution >= 0.6 is 0 Å². The minimum absolute atomic E-state index is 0.308. The van der Waals surface area contributed by atoms with Gasteiger partial charge in [-0.2, -0.15) is 0 Å². The molecule has 0 aromatic heterocycles. The third-order valence-electron chi connectivity index (χ3n) is 3.47. The van der Waals surface area contributed by atoms with Crippen molar-refractivity contribution in [3.8, 4) is 0 Å². The summed E-state index contributed by atoms with van der Waals surface area (Å²) in [5.74, 6) is 0. The molecule has 2 aromatic carbocycles. The second-order valence-electron chi connectivity index (χ2n) is 5.14. The third kappa shape index (κ3) is 4.06. The zero-order valence-corrected chi connectivity index (χ0v) is 13.1. The molecule has 0 unspecified atom stereocenters. The van der Waals surface area contributed by atoms with Crippen molar-refractivity contribution >= 4 is 15.7 Å². The van der Waals surface area contributed by atoms with Crippen LogP contribution in [0.1, 0.15) is 16.7 Å². The van der Waals surface area contributed by atoms with E-state index in [9.17, 15) is 8.42 Å². The summed E-state index contributed by atoms with van der Waals surface area (Å²) in [6.45, 7) is 4.22. The van der Waals surface area contributed by atoms with Gasteiger partial charge in [-0.15, -0.1) is 0 Å². The SMILES string of the molecule is Cc1ccc(S(=O)(=O)NCCc2ccc(N)cc2)cc1C. The zero-order valence-electron chi connectivity index (χ0n) is 12.3. The van der Waals surface area contributed by atoms with E-state index in [4.69, 9.17) is 5.73 Å². The molecule has 112 valence electrons. The summed E-state index contributed by atoms with van der Waals surface area (Å²) in [5, 5.41) is 0. The van der Waals surface area contributed by atoms with E-state index in [0.717, 1.165) is 16.7 Å². The fourth-order valence-electron chi connectivity index (χ4n) is 1.98. The van der Waals surface area contributed by atoms with E-state index in [2.05, 4.69) is 4.72 Å². The minimum Gasteiger partial charge on any atom is -0.399 e. The summed E-state index contributed by atoms with van der Waals surface area (Å²) in [5.41, 5.74) is 9.42. The smallest absolute Gasteiger partial charge is 0.240 e. The number of anilines is 1. The van der Waals surface area contributed by atoms with Gasteiger partial charge in [-0.1, -0.05) is 18.2 Å². The Kier molecular flexibility index (Phi) is 4.65. The molecule has 0 aliphatic carbocycles. The lowest BCUT2D eigenvalue weighted by atomic mass is 10.1. The van der Waals surface area contributed by atoms with Crippen LogP contribution in [0.2, 0.25) is 0 Å². The van der Waals surface area contributed by atoms with E-state index in [-0.39, 0.29) is 0 Å². The van der Waals surface area contributed by atoms with Crippen LogP contribution < -0.4 is 10.5 Å². The van der Waals surface area contributed by atoms with Crippen LogP contribution in [0.3, 0.4) is 0 Å². The zero-order chi connectivity index (χ0) is 15.5. The first-order chi connectivity index (χ1) is 9.88. The molecule has 0 atom stereocenters. The second-order valence-corrected chi connectivity index (χ2v) is 6.90. The molecule has 0 aliphatic rings. The van der Waals surface area contributed by atoms with Crippen LogP contribution in [0.5, 0.6) is 0 Å². The second kappa shape index (κ2) is 6.28. The number of nitrogens with two attached hydrogens (primary N) is 1. The molecule has 3 N–H and O–H groups in total. The highest BCUT2D eigenvalue weighted by atomic mass is 32.2. The Hall–Kier alpha value is -1.85. The Morgan fingerprint density at radius 2 is 1.67 bits per heavy atom. The highest BCUT2D eigenvalue weighted by Gasteiger charge is 2.13.